The van der Waals surface area contributed by atoms with E-state index < -0.39 is 0 Å². The van der Waals surface area contributed by atoms with E-state index in [2.05, 4.69) is 40.4 Å². The van der Waals surface area contributed by atoms with E-state index in [0.29, 0.717) is 24.6 Å². The molecule has 5 heteroatoms. The van der Waals surface area contributed by atoms with E-state index in [1.165, 1.54) is 23.0 Å². The fourth-order valence-corrected chi connectivity index (χ4v) is 3.25. The Balaban J connectivity index is 1.51. The number of para-hydroxylation sites is 1. The molecule has 0 spiro atoms. The van der Waals surface area contributed by atoms with Crippen LogP contribution in [-0.4, -0.2) is 22.4 Å². The van der Waals surface area contributed by atoms with Crippen molar-refractivity contribution >= 4 is 17.4 Å². The van der Waals surface area contributed by atoms with Crippen LogP contribution in [0.5, 0.6) is 0 Å². The normalized spacial score (nSPS) is 12.7. The number of hydrogen-bond donors (Lipinski definition) is 1. The molecule has 1 aliphatic heterocycles. The number of aromatic nitrogens is 2. The van der Waals surface area contributed by atoms with Gasteiger partial charge in [-0.05, 0) is 36.1 Å². The van der Waals surface area contributed by atoms with Gasteiger partial charge in [-0.3, -0.25) is 4.79 Å². The van der Waals surface area contributed by atoms with Crippen LogP contribution >= 0.6 is 0 Å². The summed E-state index contributed by atoms with van der Waals surface area (Å²) in [6.07, 6.45) is 2.32. The maximum atomic E-state index is 12.9. The molecule has 0 bridgehead atoms. The van der Waals surface area contributed by atoms with Crippen molar-refractivity contribution < 1.29 is 4.79 Å². The lowest BCUT2D eigenvalue weighted by Crippen LogP contribution is -2.29. The van der Waals surface area contributed by atoms with Gasteiger partial charge in [0.15, 0.2) is 0 Å². The van der Waals surface area contributed by atoms with Crippen molar-refractivity contribution in [3.8, 4) is 0 Å². The minimum absolute atomic E-state index is 0.0868. The average Bonchev–Trinajstić information content (AvgIpc) is 3.11. The second-order valence-corrected chi connectivity index (χ2v) is 6.40. The molecule has 1 aromatic heterocycles. The van der Waals surface area contributed by atoms with E-state index in [0.717, 1.165) is 12.1 Å². The summed E-state index contributed by atoms with van der Waals surface area (Å²) in [5.74, 6) is 0.565. The van der Waals surface area contributed by atoms with Crippen molar-refractivity contribution in [3.05, 3.63) is 83.3 Å². The van der Waals surface area contributed by atoms with Gasteiger partial charge in [-0.15, -0.1) is 0 Å². The van der Waals surface area contributed by atoms with Crippen LogP contribution in [0.1, 0.15) is 27.2 Å². The summed E-state index contributed by atoms with van der Waals surface area (Å²) in [5, 5.41) is 3.28. The van der Waals surface area contributed by atoms with Gasteiger partial charge in [0.1, 0.15) is 17.8 Å². The molecule has 26 heavy (non-hydrogen) atoms. The molecule has 1 N–H and O–H groups in total. The molecule has 0 unspecified atom stereocenters. The molecule has 2 aromatic carbocycles. The lowest BCUT2D eigenvalue weighted by atomic mass is 10.1. The zero-order chi connectivity index (χ0) is 17.9. The van der Waals surface area contributed by atoms with E-state index in [1.54, 1.807) is 11.0 Å². The molecule has 1 aliphatic rings. The number of hydrogen-bond acceptors (Lipinski definition) is 4. The van der Waals surface area contributed by atoms with Gasteiger partial charge in [-0.1, -0.05) is 42.5 Å². The summed E-state index contributed by atoms with van der Waals surface area (Å²) in [6.45, 7) is 3.43. The lowest BCUT2D eigenvalue weighted by Gasteiger charge is -2.17. The first-order valence-electron chi connectivity index (χ1n) is 8.72. The van der Waals surface area contributed by atoms with Crippen LogP contribution < -0.4 is 10.2 Å². The summed E-state index contributed by atoms with van der Waals surface area (Å²) in [4.78, 5) is 23.1. The summed E-state index contributed by atoms with van der Waals surface area (Å²) in [5.41, 5.74) is 5.01. The van der Waals surface area contributed by atoms with Gasteiger partial charge in [0.2, 0.25) is 0 Å². The third-order valence-corrected chi connectivity index (χ3v) is 4.74. The molecule has 0 fully saturated rings. The largest absolute Gasteiger partial charge is 0.366 e. The van der Waals surface area contributed by atoms with Gasteiger partial charge in [0, 0.05) is 24.8 Å². The molecule has 0 aliphatic carbocycles. The predicted octanol–water partition coefficient (Wildman–Crippen LogP) is 3.60. The molecule has 0 atom stereocenters. The third kappa shape index (κ3) is 3.16. The molecule has 1 amide bonds. The SMILES string of the molecule is Cc1ccccc1CNc1cc(C(=O)N2CCc3ccccc32)ncn1. The van der Waals surface area contributed by atoms with Crippen molar-refractivity contribution in [1.82, 2.24) is 9.97 Å². The van der Waals surface area contributed by atoms with E-state index in [-0.39, 0.29) is 5.91 Å². The van der Waals surface area contributed by atoms with Gasteiger partial charge < -0.3 is 10.2 Å². The first-order chi connectivity index (χ1) is 12.7. The molecule has 0 saturated carbocycles. The van der Waals surface area contributed by atoms with E-state index in [1.807, 2.05) is 30.3 Å². The van der Waals surface area contributed by atoms with Gasteiger partial charge in [-0.2, -0.15) is 0 Å². The number of fused-ring (bicyclic) bond motifs is 1. The Kier molecular flexibility index (Phi) is 4.35. The van der Waals surface area contributed by atoms with E-state index in [9.17, 15) is 4.79 Å². The highest BCUT2D eigenvalue weighted by Gasteiger charge is 2.26. The Morgan fingerprint density at radius 3 is 2.81 bits per heavy atom. The van der Waals surface area contributed by atoms with Crippen LogP contribution in [0.25, 0.3) is 0 Å². The molecular weight excluding hydrogens is 324 g/mol. The number of amides is 1. The minimum Gasteiger partial charge on any atom is -0.366 e. The monoisotopic (exact) mass is 344 g/mol. The smallest absolute Gasteiger partial charge is 0.277 e. The average molecular weight is 344 g/mol. The quantitative estimate of drug-likeness (QED) is 0.786. The maximum Gasteiger partial charge on any atom is 0.277 e. The number of carbonyl (C=O) groups is 1. The number of anilines is 2. The second kappa shape index (κ2) is 6.96. The summed E-state index contributed by atoms with van der Waals surface area (Å²) in [6, 6.07) is 17.9. The number of rotatable bonds is 4. The highest BCUT2D eigenvalue weighted by atomic mass is 16.2. The van der Waals surface area contributed by atoms with Crippen molar-refractivity contribution in [1.29, 1.82) is 0 Å². The number of nitrogens with zero attached hydrogens (tertiary/aromatic N) is 3. The standard InChI is InChI=1S/C21H20N4O/c1-15-6-2-3-8-17(15)13-22-20-12-18(23-14-24-20)21(26)25-11-10-16-7-4-5-9-19(16)25/h2-9,12,14H,10-11,13H2,1H3,(H,22,23,24). The maximum absolute atomic E-state index is 12.9. The van der Waals surface area contributed by atoms with Gasteiger partial charge in [0.05, 0.1) is 0 Å². The van der Waals surface area contributed by atoms with Crippen molar-refractivity contribution in [2.24, 2.45) is 0 Å². The minimum atomic E-state index is -0.0868. The fourth-order valence-electron chi connectivity index (χ4n) is 3.25. The molecular formula is C21H20N4O. The van der Waals surface area contributed by atoms with Crippen LogP contribution in [0.4, 0.5) is 11.5 Å². The Labute approximate surface area is 152 Å². The van der Waals surface area contributed by atoms with Gasteiger partial charge >= 0.3 is 0 Å². The van der Waals surface area contributed by atoms with E-state index in [4.69, 9.17) is 0 Å². The van der Waals surface area contributed by atoms with Gasteiger partial charge in [0.25, 0.3) is 5.91 Å². The third-order valence-electron chi connectivity index (χ3n) is 4.74. The Hall–Kier alpha value is -3.21. The van der Waals surface area contributed by atoms with E-state index >= 15 is 0 Å². The van der Waals surface area contributed by atoms with Crippen molar-refractivity contribution in [2.75, 3.05) is 16.8 Å². The van der Waals surface area contributed by atoms with Crippen LogP contribution in [0, 0.1) is 6.92 Å². The number of carbonyl (C=O) groups excluding carboxylic acids is 1. The summed E-state index contributed by atoms with van der Waals surface area (Å²) in [7, 11) is 0. The fraction of sp³-hybridized carbons (Fsp3) is 0.190. The topological polar surface area (TPSA) is 58.1 Å². The Morgan fingerprint density at radius 2 is 1.92 bits per heavy atom. The first-order valence-corrected chi connectivity index (χ1v) is 8.72. The van der Waals surface area contributed by atoms with Crippen LogP contribution in [0.15, 0.2) is 60.9 Å². The summed E-state index contributed by atoms with van der Waals surface area (Å²) < 4.78 is 0. The molecule has 2 heterocycles. The lowest BCUT2D eigenvalue weighted by molar-refractivity contribution is 0.0984. The highest BCUT2D eigenvalue weighted by Crippen LogP contribution is 2.28. The van der Waals surface area contributed by atoms with Crippen molar-refractivity contribution in [3.63, 3.8) is 0 Å². The Morgan fingerprint density at radius 1 is 1.12 bits per heavy atom. The number of benzene rings is 2. The Bertz CT molecular complexity index is 954. The van der Waals surface area contributed by atoms with Crippen LogP contribution in [-0.2, 0) is 13.0 Å². The molecule has 0 radical (unpaired) electrons. The summed E-state index contributed by atoms with van der Waals surface area (Å²) >= 11 is 0. The number of nitrogens with one attached hydrogen (secondary N) is 1. The molecule has 0 saturated heterocycles. The molecule has 5 nitrogen and oxygen atoms in total. The van der Waals surface area contributed by atoms with Gasteiger partial charge in [-0.25, -0.2) is 9.97 Å². The van der Waals surface area contributed by atoms with Crippen molar-refractivity contribution in [2.45, 2.75) is 19.9 Å². The zero-order valence-corrected chi connectivity index (χ0v) is 14.6. The van der Waals surface area contributed by atoms with Crippen LogP contribution in [0.2, 0.25) is 0 Å². The highest BCUT2D eigenvalue weighted by molar-refractivity contribution is 6.06. The first kappa shape index (κ1) is 16.3. The second-order valence-electron chi connectivity index (χ2n) is 6.40. The molecule has 4 rings (SSSR count). The molecule has 130 valence electrons. The molecule has 3 aromatic rings. The van der Waals surface area contributed by atoms with Crippen LogP contribution in [0.3, 0.4) is 0 Å². The number of aryl methyl sites for hydroxylation is 1. The zero-order valence-electron chi connectivity index (χ0n) is 14.6. The predicted molar refractivity (Wildman–Crippen MR) is 102 cm³/mol.